The smallest absolute Gasteiger partial charge is 0.348 e. The third-order valence-electron chi connectivity index (χ3n) is 2.33. The van der Waals surface area contributed by atoms with E-state index in [9.17, 15) is 24.3 Å². The average Bonchev–Trinajstić information content (AvgIpc) is 2.31. The number of aliphatic hydroxyl groups is 1. The quantitative estimate of drug-likeness (QED) is 0.176. The van der Waals surface area contributed by atoms with Gasteiger partial charge in [-0.2, -0.15) is 0 Å². The van der Waals surface area contributed by atoms with Crippen LogP contribution >= 0.6 is 0 Å². The standard InChI is InChI=1S/C10H16N2O9.3Na/c13-6(14)3-11(4-7(15)16)1-2-12(5-8(17)18)9(19)10(20)21;;;/h9,19H,1-5H2,(H,13,14)(H,15,16)(H,17,18)(H,20,21);;;. The topological polar surface area (TPSA) is 176 Å². The molecule has 1 unspecified atom stereocenters. The first kappa shape index (κ1) is 32.4. The predicted molar refractivity (Wildman–Crippen MR) is 81.8 cm³/mol. The maximum atomic E-state index is 10.6. The molecule has 0 amide bonds. The number of hydrogen-bond donors (Lipinski definition) is 5. The van der Waals surface area contributed by atoms with Crippen molar-refractivity contribution in [3.8, 4) is 0 Å². The van der Waals surface area contributed by atoms with Gasteiger partial charge in [0.2, 0.25) is 6.23 Å². The molecular weight excluding hydrogens is 361 g/mol. The van der Waals surface area contributed by atoms with Crippen LogP contribution in [0, 0.1) is 0 Å². The van der Waals surface area contributed by atoms with E-state index in [1.807, 2.05) is 0 Å². The summed E-state index contributed by atoms with van der Waals surface area (Å²) in [6.45, 7) is -2.59. The molecule has 1 atom stereocenters. The molecule has 3 radical (unpaired) electrons. The Morgan fingerprint density at radius 3 is 1.38 bits per heavy atom. The first-order chi connectivity index (χ1) is 9.63. The fourth-order valence-electron chi connectivity index (χ4n) is 1.48. The Morgan fingerprint density at radius 2 is 1.08 bits per heavy atom. The molecule has 14 heteroatoms. The maximum absolute atomic E-state index is 10.6. The van der Waals surface area contributed by atoms with Crippen molar-refractivity contribution >= 4 is 113 Å². The summed E-state index contributed by atoms with van der Waals surface area (Å²) in [6.07, 6.45) is -2.09. The van der Waals surface area contributed by atoms with Gasteiger partial charge in [-0.1, -0.05) is 0 Å². The molecule has 11 nitrogen and oxygen atoms in total. The van der Waals surface area contributed by atoms with E-state index < -0.39 is 49.7 Å². The molecule has 0 aliphatic rings. The zero-order chi connectivity index (χ0) is 16.6. The van der Waals surface area contributed by atoms with Crippen LogP contribution in [0.3, 0.4) is 0 Å². The number of aliphatic carboxylic acids is 4. The normalized spacial score (nSPS) is 10.8. The van der Waals surface area contributed by atoms with E-state index in [2.05, 4.69) is 0 Å². The molecule has 0 aliphatic carbocycles. The van der Waals surface area contributed by atoms with Gasteiger partial charge in [-0.3, -0.25) is 24.2 Å². The number of carboxylic acid groups (broad SMARTS) is 4. The van der Waals surface area contributed by atoms with Gasteiger partial charge in [-0.15, -0.1) is 0 Å². The summed E-state index contributed by atoms with van der Waals surface area (Å²) < 4.78 is 0. The van der Waals surface area contributed by atoms with Crippen molar-refractivity contribution in [2.75, 3.05) is 32.7 Å². The second-order valence-electron chi connectivity index (χ2n) is 4.07. The minimum atomic E-state index is -2.09. The summed E-state index contributed by atoms with van der Waals surface area (Å²) in [5, 5.41) is 43.8. The maximum Gasteiger partial charge on any atom is 0.348 e. The van der Waals surface area contributed by atoms with E-state index in [1.165, 1.54) is 0 Å². The third kappa shape index (κ3) is 16.2. The van der Waals surface area contributed by atoms with Crippen LogP contribution in [0.1, 0.15) is 0 Å². The predicted octanol–water partition coefficient (Wildman–Crippen LogP) is -3.90. The van der Waals surface area contributed by atoms with Crippen LogP contribution in [-0.2, 0) is 19.2 Å². The monoisotopic (exact) mass is 377 g/mol. The molecule has 0 rings (SSSR count). The SMILES string of the molecule is O=C(O)CN(CCN(CC(=O)O)C(O)C(=O)O)CC(=O)O.[Na].[Na].[Na]. The summed E-state index contributed by atoms with van der Waals surface area (Å²) in [5.41, 5.74) is 0. The molecule has 0 saturated heterocycles. The van der Waals surface area contributed by atoms with Gasteiger partial charge in [0.05, 0.1) is 19.6 Å². The fraction of sp³-hybridized carbons (Fsp3) is 0.600. The molecule has 5 N–H and O–H groups in total. The van der Waals surface area contributed by atoms with Crippen LogP contribution in [0.5, 0.6) is 0 Å². The Morgan fingerprint density at radius 1 is 0.708 bits per heavy atom. The summed E-state index contributed by atoms with van der Waals surface area (Å²) in [7, 11) is 0. The number of nitrogens with zero attached hydrogens (tertiary/aromatic N) is 2. The molecule has 0 bridgehead atoms. The number of aliphatic hydroxyl groups excluding tert-OH is 1. The van der Waals surface area contributed by atoms with Crippen molar-refractivity contribution in [2.45, 2.75) is 6.23 Å². The molecule has 0 aromatic carbocycles. The third-order valence-corrected chi connectivity index (χ3v) is 2.33. The Labute approximate surface area is 203 Å². The first-order valence-electron chi connectivity index (χ1n) is 5.66. The first-order valence-corrected chi connectivity index (χ1v) is 5.66. The summed E-state index contributed by atoms with van der Waals surface area (Å²) in [4.78, 5) is 44.0. The van der Waals surface area contributed by atoms with Gasteiger partial charge in [0.1, 0.15) is 0 Å². The Hall–Kier alpha value is 0.760. The summed E-state index contributed by atoms with van der Waals surface area (Å²) >= 11 is 0. The van der Waals surface area contributed by atoms with E-state index in [0.717, 1.165) is 4.90 Å². The van der Waals surface area contributed by atoms with Gasteiger partial charge in [-0.25, -0.2) is 4.79 Å². The second kappa shape index (κ2) is 17.2. The van der Waals surface area contributed by atoms with Crippen LogP contribution in [0.2, 0.25) is 0 Å². The van der Waals surface area contributed by atoms with Gasteiger partial charge in [0.25, 0.3) is 0 Å². The van der Waals surface area contributed by atoms with Gasteiger partial charge >= 0.3 is 23.9 Å². The molecule has 123 valence electrons. The van der Waals surface area contributed by atoms with E-state index in [1.54, 1.807) is 0 Å². The molecule has 24 heavy (non-hydrogen) atoms. The molecule has 0 saturated carbocycles. The number of rotatable bonds is 11. The van der Waals surface area contributed by atoms with E-state index in [-0.39, 0.29) is 102 Å². The zero-order valence-electron chi connectivity index (χ0n) is 13.9. The molecule has 0 fully saturated rings. The summed E-state index contributed by atoms with van der Waals surface area (Å²) in [5.74, 6) is -5.64. The molecule has 0 aliphatic heterocycles. The second-order valence-corrected chi connectivity index (χ2v) is 4.07. The van der Waals surface area contributed by atoms with Crippen LogP contribution in [0.4, 0.5) is 0 Å². The number of carboxylic acids is 4. The van der Waals surface area contributed by atoms with Gasteiger partial charge in [0.15, 0.2) is 0 Å². The zero-order valence-corrected chi connectivity index (χ0v) is 19.9. The van der Waals surface area contributed by atoms with Crippen molar-refractivity contribution in [3.63, 3.8) is 0 Å². The number of hydrogen-bond acceptors (Lipinski definition) is 7. The van der Waals surface area contributed by atoms with E-state index >= 15 is 0 Å². The number of carbonyl (C=O) groups is 4. The molecule has 0 aromatic rings. The minimum absolute atomic E-state index is 0. The average molecular weight is 377 g/mol. The van der Waals surface area contributed by atoms with Crippen molar-refractivity contribution in [1.82, 2.24) is 9.80 Å². The fourth-order valence-corrected chi connectivity index (χ4v) is 1.48. The largest absolute Gasteiger partial charge is 0.480 e. The van der Waals surface area contributed by atoms with E-state index in [4.69, 9.17) is 20.4 Å². The van der Waals surface area contributed by atoms with Gasteiger partial charge < -0.3 is 25.5 Å². The van der Waals surface area contributed by atoms with Crippen LogP contribution in [-0.4, -0.2) is 187 Å². The van der Waals surface area contributed by atoms with Crippen molar-refractivity contribution < 1.29 is 44.7 Å². The minimum Gasteiger partial charge on any atom is -0.480 e. The Balaban J connectivity index is -0.000000667. The van der Waals surface area contributed by atoms with Crippen molar-refractivity contribution in [3.05, 3.63) is 0 Å². The van der Waals surface area contributed by atoms with Crippen molar-refractivity contribution in [2.24, 2.45) is 0 Å². The molecule has 0 aromatic heterocycles. The molecule has 0 spiro atoms. The van der Waals surface area contributed by atoms with Crippen LogP contribution in [0.15, 0.2) is 0 Å². The van der Waals surface area contributed by atoms with Gasteiger partial charge in [0, 0.05) is 102 Å². The Bertz CT molecular complexity index is 408. The van der Waals surface area contributed by atoms with Crippen molar-refractivity contribution in [1.29, 1.82) is 0 Å². The summed E-state index contributed by atoms with van der Waals surface area (Å²) in [6, 6.07) is 0. The van der Waals surface area contributed by atoms with Crippen LogP contribution in [0.25, 0.3) is 0 Å². The molecule has 0 heterocycles. The van der Waals surface area contributed by atoms with Gasteiger partial charge in [-0.05, 0) is 0 Å². The molecular formula is C10H16N2Na3O9. The Kier molecular flexibility index (Phi) is 23.2. The van der Waals surface area contributed by atoms with Crippen LogP contribution < -0.4 is 0 Å². The van der Waals surface area contributed by atoms with E-state index in [0.29, 0.717) is 4.90 Å².